The van der Waals surface area contributed by atoms with Crippen molar-refractivity contribution in [3.05, 3.63) is 150 Å². The Kier molecular flexibility index (Phi) is 5.98. The maximum atomic E-state index is 6.49. The number of aryl methyl sites for hydroxylation is 1. The van der Waals surface area contributed by atoms with Gasteiger partial charge in [0.2, 0.25) is 0 Å². The topological polar surface area (TPSA) is 17.4 Å². The molecular weight excluding hydrogens is 595 g/mol. The van der Waals surface area contributed by atoms with E-state index >= 15 is 0 Å². The first-order valence-electron chi connectivity index (χ1n) is 16.5. The van der Waals surface area contributed by atoms with Crippen molar-refractivity contribution in [1.82, 2.24) is 4.57 Å². The molecule has 0 atom stereocenters. The number of halogens is 1. The van der Waals surface area contributed by atoms with Gasteiger partial charge in [-0.2, -0.15) is 0 Å². The molecule has 0 unspecified atom stereocenters. The van der Waals surface area contributed by atoms with Gasteiger partial charge < -0.3 is 14.2 Å². The number of para-hydroxylation sites is 2. The maximum Gasteiger partial charge on any atom is 0.256 e. The molecule has 7 aromatic rings. The highest BCUT2D eigenvalue weighted by atomic mass is 35.5. The molecule has 2 aliphatic heterocycles. The molecule has 1 aliphatic carbocycles. The van der Waals surface area contributed by atoms with Crippen LogP contribution in [0.15, 0.2) is 133 Å². The number of ether oxygens (including phenoxy) is 1. The first kappa shape index (κ1) is 27.0. The van der Waals surface area contributed by atoms with E-state index in [0.717, 1.165) is 34.8 Å². The summed E-state index contributed by atoms with van der Waals surface area (Å²) in [6.45, 7) is 0.0433. The zero-order valence-electron chi connectivity index (χ0n) is 25.8. The summed E-state index contributed by atoms with van der Waals surface area (Å²) < 4.78 is 8.99. The van der Waals surface area contributed by atoms with Gasteiger partial charge in [0, 0.05) is 38.9 Å². The van der Waals surface area contributed by atoms with Crippen molar-refractivity contribution in [3.63, 3.8) is 0 Å². The van der Waals surface area contributed by atoms with E-state index in [9.17, 15) is 0 Å². The first-order chi connectivity index (χ1) is 23.2. The summed E-state index contributed by atoms with van der Waals surface area (Å²) in [5, 5.41) is 2.08. The third-order valence-corrected chi connectivity index (χ3v) is 10.5. The van der Waals surface area contributed by atoms with Gasteiger partial charge in [0.25, 0.3) is 6.71 Å². The van der Waals surface area contributed by atoms with Crippen molar-refractivity contribution >= 4 is 62.7 Å². The minimum absolute atomic E-state index is 0.0433. The van der Waals surface area contributed by atoms with Crippen molar-refractivity contribution in [2.45, 2.75) is 25.7 Å². The number of benzene rings is 6. The highest BCUT2D eigenvalue weighted by Crippen LogP contribution is 2.42. The molecule has 10 rings (SSSR count). The van der Waals surface area contributed by atoms with Crippen LogP contribution in [0.1, 0.15) is 24.1 Å². The summed E-state index contributed by atoms with van der Waals surface area (Å²) >= 11 is 6.45. The van der Waals surface area contributed by atoms with Crippen LogP contribution in [0.2, 0.25) is 5.02 Å². The number of hydrogen-bond acceptors (Lipinski definition) is 2. The number of nitrogens with zero attached hydrogens (tertiary/aromatic N) is 2. The van der Waals surface area contributed by atoms with Crippen LogP contribution >= 0.6 is 11.6 Å². The molecule has 0 radical (unpaired) electrons. The fraction of sp³-hybridized carbons (Fsp3) is 0.0952. The Bertz CT molecular complexity index is 2360. The van der Waals surface area contributed by atoms with Crippen molar-refractivity contribution in [3.8, 4) is 28.3 Å². The maximum absolute atomic E-state index is 6.49. The van der Waals surface area contributed by atoms with Gasteiger partial charge in [-0.1, -0.05) is 84.4 Å². The monoisotopic (exact) mass is 624 g/mol. The van der Waals surface area contributed by atoms with Gasteiger partial charge in [0.05, 0.1) is 5.52 Å². The van der Waals surface area contributed by atoms with Crippen molar-refractivity contribution in [2.24, 2.45) is 0 Å². The lowest BCUT2D eigenvalue weighted by Crippen LogP contribution is -2.59. The average molecular weight is 625 g/mol. The fourth-order valence-electron chi connectivity index (χ4n) is 8.28. The largest absolute Gasteiger partial charge is 0.458 e. The van der Waals surface area contributed by atoms with Crippen LogP contribution in [-0.4, -0.2) is 11.3 Å². The number of fused-ring (bicyclic) bond motifs is 7. The predicted octanol–water partition coefficient (Wildman–Crippen LogP) is 9.23. The summed E-state index contributed by atoms with van der Waals surface area (Å²) in [6, 6.07) is 48.1. The summed E-state index contributed by atoms with van der Waals surface area (Å²) in [6.07, 6.45) is 4.83. The van der Waals surface area contributed by atoms with E-state index < -0.39 is 0 Å². The average Bonchev–Trinajstić information content (AvgIpc) is 3.46. The van der Waals surface area contributed by atoms with Crippen LogP contribution in [0.3, 0.4) is 0 Å². The molecule has 0 N–H and O–H groups in total. The fourth-order valence-corrected chi connectivity index (χ4v) is 8.44. The van der Waals surface area contributed by atoms with Crippen molar-refractivity contribution in [2.75, 3.05) is 4.90 Å². The highest BCUT2D eigenvalue weighted by molar-refractivity contribution is 6.99. The minimum atomic E-state index is 0.0433. The van der Waals surface area contributed by atoms with E-state index in [1.54, 1.807) is 0 Å². The van der Waals surface area contributed by atoms with E-state index in [4.69, 9.17) is 16.3 Å². The lowest BCUT2D eigenvalue weighted by atomic mass is 9.34. The van der Waals surface area contributed by atoms with Gasteiger partial charge >= 0.3 is 0 Å². The molecular formula is C42H30BClN2O. The van der Waals surface area contributed by atoms with Crippen LogP contribution in [0, 0.1) is 0 Å². The zero-order valence-corrected chi connectivity index (χ0v) is 26.5. The Morgan fingerprint density at radius 1 is 0.596 bits per heavy atom. The summed E-state index contributed by atoms with van der Waals surface area (Å²) in [5.74, 6) is 1.71. The SMILES string of the molecule is Clc1ccc2c(c1)Oc1cccc3c1B2c1ccc(-c2ccc(-n4c5c(c6ccccc64)CCCC5)cc2)cc1N3c1ccccc1. The Hall–Kier alpha value is -5.19. The van der Waals surface area contributed by atoms with Crippen LogP contribution in [-0.2, 0) is 12.8 Å². The van der Waals surface area contributed by atoms with E-state index in [2.05, 4.69) is 131 Å². The van der Waals surface area contributed by atoms with Gasteiger partial charge in [-0.05, 0) is 119 Å². The zero-order chi connectivity index (χ0) is 31.1. The van der Waals surface area contributed by atoms with Crippen molar-refractivity contribution in [1.29, 1.82) is 0 Å². The third kappa shape index (κ3) is 4.08. The third-order valence-electron chi connectivity index (χ3n) is 10.3. The van der Waals surface area contributed by atoms with Crippen LogP contribution in [0.5, 0.6) is 11.5 Å². The van der Waals surface area contributed by atoms with E-state index in [-0.39, 0.29) is 6.71 Å². The molecule has 6 aromatic carbocycles. The van der Waals surface area contributed by atoms with E-state index in [1.807, 2.05) is 12.1 Å². The molecule has 224 valence electrons. The summed E-state index contributed by atoms with van der Waals surface area (Å²) in [4.78, 5) is 2.39. The molecule has 0 fully saturated rings. The molecule has 3 aliphatic rings. The smallest absolute Gasteiger partial charge is 0.256 e. The Balaban J connectivity index is 1.13. The van der Waals surface area contributed by atoms with Gasteiger partial charge in [0.1, 0.15) is 11.5 Å². The normalized spacial score (nSPS) is 14.2. The summed E-state index contributed by atoms with van der Waals surface area (Å²) in [5.41, 5.74) is 15.0. The molecule has 0 bridgehead atoms. The lowest BCUT2D eigenvalue weighted by molar-refractivity contribution is 0.487. The number of aromatic nitrogens is 1. The van der Waals surface area contributed by atoms with Crippen LogP contribution in [0.4, 0.5) is 17.1 Å². The number of rotatable bonds is 3. The van der Waals surface area contributed by atoms with Gasteiger partial charge in [-0.25, -0.2) is 0 Å². The highest BCUT2D eigenvalue weighted by Gasteiger charge is 2.41. The Morgan fingerprint density at radius 2 is 1.38 bits per heavy atom. The van der Waals surface area contributed by atoms with E-state index in [0.29, 0.717) is 5.02 Å². The van der Waals surface area contributed by atoms with Crippen molar-refractivity contribution < 1.29 is 4.74 Å². The molecule has 0 saturated carbocycles. The number of hydrogen-bond donors (Lipinski definition) is 0. The number of anilines is 3. The molecule has 47 heavy (non-hydrogen) atoms. The first-order valence-corrected chi connectivity index (χ1v) is 16.9. The van der Waals surface area contributed by atoms with Crippen LogP contribution in [0.25, 0.3) is 27.7 Å². The minimum Gasteiger partial charge on any atom is -0.458 e. The Labute approximate surface area is 279 Å². The van der Waals surface area contributed by atoms with Gasteiger partial charge in [-0.15, -0.1) is 0 Å². The Morgan fingerprint density at radius 3 is 2.28 bits per heavy atom. The van der Waals surface area contributed by atoms with Crippen LogP contribution < -0.4 is 26.0 Å². The standard InChI is InChI=1S/C42H30BClN2O/c44-29-20-24-35-41(26-29)47-40-16-8-15-38-42(40)43(35)34-23-19-28(25-39(34)46(38)30-9-2-1-3-10-30)27-17-21-31(22-18-27)45-36-13-6-4-11-32(36)33-12-5-7-14-37(33)45/h1-4,6,8-11,13,15-26H,5,7,12,14H2. The second kappa shape index (κ2) is 10.4. The lowest BCUT2D eigenvalue weighted by Gasteiger charge is -2.40. The van der Waals surface area contributed by atoms with E-state index in [1.165, 1.54) is 74.9 Å². The molecule has 1 aromatic heterocycles. The molecule has 0 amide bonds. The molecule has 0 spiro atoms. The quantitative estimate of drug-likeness (QED) is 0.182. The molecule has 5 heteroatoms. The predicted molar refractivity (Wildman–Crippen MR) is 196 cm³/mol. The molecule has 0 saturated heterocycles. The summed E-state index contributed by atoms with van der Waals surface area (Å²) in [7, 11) is 0. The molecule has 3 heterocycles. The molecule has 3 nitrogen and oxygen atoms in total. The van der Waals surface area contributed by atoms with Gasteiger partial charge in [-0.3, -0.25) is 0 Å². The second-order valence-electron chi connectivity index (χ2n) is 12.9. The second-order valence-corrected chi connectivity index (χ2v) is 13.3. The van der Waals surface area contributed by atoms with Gasteiger partial charge in [0.15, 0.2) is 0 Å².